The molecule has 2 aliphatic rings. The Balaban J connectivity index is 1.93. The molecule has 0 atom stereocenters. The Kier molecular flexibility index (Phi) is 3.15. The number of aliphatic imine (C=N–C) groups is 1. The SMILES string of the molecule is CC1=CC=CC(=CC=C2C=Nc3ccc(C)cc32)N1C. The zero-order valence-electron chi connectivity index (χ0n) is 12.1. The molecule has 2 aliphatic heterocycles. The summed E-state index contributed by atoms with van der Waals surface area (Å²) in [6, 6.07) is 6.37. The van der Waals surface area contributed by atoms with E-state index in [9.17, 15) is 0 Å². The number of aryl methyl sites for hydroxylation is 1. The zero-order valence-corrected chi connectivity index (χ0v) is 12.1. The third-order valence-corrected chi connectivity index (χ3v) is 3.76. The molecular formula is C18H18N2. The van der Waals surface area contributed by atoms with Crippen molar-refractivity contribution in [3.05, 3.63) is 71.1 Å². The van der Waals surface area contributed by atoms with Crippen LogP contribution in [0.25, 0.3) is 5.57 Å². The minimum absolute atomic E-state index is 1.06. The van der Waals surface area contributed by atoms with Crippen LogP contribution in [-0.2, 0) is 0 Å². The summed E-state index contributed by atoms with van der Waals surface area (Å²) in [5.74, 6) is 0. The Morgan fingerprint density at radius 3 is 2.85 bits per heavy atom. The van der Waals surface area contributed by atoms with Gasteiger partial charge >= 0.3 is 0 Å². The first-order chi connectivity index (χ1) is 9.65. The van der Waals surface area contributed by atoms with Gasteiger partial charge in [-0.15, -0.1) is 0 Å². The van der Waals surface area contributed by atoms with E-state index in [4.69, 9.17) is 0 Å². The van der Waals surface area contributed by atoms with Crippen LogP contribution in [-0.4, -0.2) is 18.2 Å². The normalized spacial score (nSPS) is 20.8. The average Bonchev–Trinajstić information content (AvgIpc) is 2.83. The molecule has 0 unspecified atom stereocenters. The Morgan fingerprint density at radius 2 is 2.00 bits per heavy atom. The average molecular weight is 262 g/mol. The van der Waals surface area contributed by atoms with Gasteiger partial charge < -0.3 is 4.90 Å². The van der Waals surface area contributed by atoms with Crippen molar-refractivity contribution in [3.8, 4) is 0 Å². The van der Waals surface area contributed by atoms with Crippen molar-refractivity contribution in [2.75, 3.05) is 7.05 Å². The highest BCUT2D eigenvalue weighted by atomic mass is 15.1. The lowest BCUT2D eigenvalue weighted by Gasteiger charge is -2.23. The molecule has 0 aliphatic carbocycles. The van der Waals surface area contributed by atoms with Gasteiger partial charge in [-0.25, -0.2) is 0 Å². The van der Waals surface area contributed by atoms with Crippen LogP contribution in [0.15, 0.2) is 65.0 Å². The molecule has 2 heterocycles. The minimum atomic E-state index is 1.06. The molecule has 0 saturated carbocycles. The van der Waals surface area contributed by atoms with Gasteiger partial charge in [-0.3, -0.25) is 4.99 Å². The van der Waals surface area contributed by atoms with Gasteiger partial charge in [-0.2, -0.15) is 0 Å². The van der Waals surface area contributed by atoms with Crippen LogP contribution in [0.1, 0.15) is 18.1 Å². The largest absolute Gasteiger partial charge is 0.348 e. The van der Waals surface area contributed by atoms with E-state index in [-0.39, 0.29) is 0 Å². The number of fused-ring (bicyclic) bond motifs is 1. The molecule has 100 valence electrons. The fourth-order valence-corrected chi connectivity index (χ4v) is 2.39. The molecule has 0 aromatic heterocycles. The van der Waals surface area contributed by atoms with Gasteiger partial charge in [-0.1, -0.05) is 23.8 Å². The molecule has 3 rings (SSSR count). The van der Waals surface area contributed by atoms with Crippen molar-refractivity contribution < 1.29 is 0 Å². The predicted molar refractivity (Wildman–Crippen MR) is 86.1 cm³/mol. The summed E-state index contributed by atoms with van der Waals surface area (Å²) in [6.07, 6.45) is 12.5. The first-order valence-electron chi connectivity index (χ1n) is 6.81. The molecule has 2 heteroatoms. The van der Waals surface area contributed by atoms with Gasteiger partial charge in [0.25, 0.3) is 0 Å². The van der Waals surface area contributed by atoms with Crippen LogP contribution < -0.4 is 0 Å². The minimum Gasteiger partial charge on any atom is -0.348 e. The molecule has 0 bridgehead atoms. The maximum absolute atomic E-state index is 4.45. The smallest absolute Gasteiger partial charge is 0.0708 e. The summed E-state index contributed by atoms with van der Waals surface area (Å²) >= 11 is 0. The lowest BCUT2D eigenvalue weighted by molar-refractivity contribution is 0.533. The van der Waals surface area contributed by atoms with Crippen LogP contribution in [0.2, 0.25) is 0 Å². The Morgan fingerprint density at radius 1 is 1.15 bits per heavy atom. The van der Waals surface area contributed by atoms with Crippen LogP contribution in [0.5, 0.6) is 0 Å². The molecule has 1 aromatic carbocycles. The van der Waals surface area contributed by atoms with Gasteiger partial charge in [0.1, 0.15) is 0 Å². The quantitative estimate of drug-likeness (QED) is 0.733. The van der Waals surface area contributed by atoms with E-state index in [0.29, 0.717) is 0 Å². The maximum Gasteiger partial charge on any atom is 0.0708 e. The Bertz CT molecular complexity index is 700. The van der Waals surface area contributed by atoms with Gasteiger partial charge in [0.2, 0.25) is 0 Å². The molecule has 0 amide bonds. The van der Waals surface area contributed by atoms with E-state index >= 15 is 0 Å². The molecule has 1 aromatic rings. The van der Waals surface area contributed by atoms with Crippen LogP contribution in [0, 0.1) is 6.92 Å². The lowest BCUT2D eigenvalue weighted by atomic mass is 10.0. The van der Waals surface area contributed by atoms with E-state index in [1.54, 1.807) is 0 Å². The second-order valence-electron chi connectivity index (χ2n) is 5.22. The van der Waals surface area contributed by atoms with Gasteiger partial charge in [0, 0.05) is 35.8 Å². The fraction of sp³-hybridized carbons (Fsp3) is 0.167. The second kappa shape index (κ2) is 4.97. The molecule has 0 fully saturated rings. The fourth-order valence-electron chi connectivity index (χ4n) is 2.39. The van der Waals surface area contributed by atoms with E-state index in [0.717, 1.165) is 5.69 Å². The van der Waals surface area contributed by atoms with E-state index in [1.165, 1.54) is 28.1 Å². The second-order valence-corrected chi connectivity index (χ2v) is 5.22. The van der Waals surface area contributed by atoms with E-state index in [2.05, 4.69) is 79.4 Å². The summed E-state index contributed by atoms with van der Waals surface area (Å²) < 4.78 is 0. The molecule has 0 saturated heterocycles. The third-order valence-electron chi connectivity index (χ3n) is 3.76. The van der Waals surface area contributed by atoms with Crippen LogP contribution in [0.3, 0.4) is 0 Å². The summed E-state index contributed by atoms with van der Waals surface area (Å²) in [7, 11) is 2.08. The van der Waals surface area contributed by atoms with Gasteiger partial charge in [0.05, 0.1) is 5.69 Å². The molecule has 0 spiro atoms. The van der Waals surface area contributed by atoms with Crippen LogP contribution >= 0.6 is 0 Å². The Hall–Kier alpha value is -2.35. The number of allylic oxidation sites excluding steroid dienone is 7. The summed E-state index contributed by atoms with van der Waals surface area (Å²) in [4.78, 5) is 6.63. The monoisotopic (exact) mass is 262 g/mol. The number of rotatable bonds is 1. The standard InChI is InChI=1S/C18H18N2/c1-13-7-10-18-17(11-13)15(12-19-18)8-9-16-6-4-5-14(2)20(16)3/h4-12H,1-3H3. The van der Waals surface area contributed by atoms with E-state index in [1.807, 2.05) is 6.21 Å². The van der Waals surface area contributed by atoms with Crippen molar-refractivity contribution in [1.29, 1.82) is 0 Å². The van der Waals surface area contributed by atoms with Crippen molar-refractivity contribution in [2.45, 2.75) is 13.8 Å². The molecule has 0 radical (unpaired) electrons. The molecule has 2 nitrogen and oxygen atoms in total. The molecular weight excluding hydrogens is 244 g/mol. The van der Waals surface area contributed by atoms with Gasteiger partial charge in [-0.05, 0) is 44.2 Å². The maximum atomic E-state index is 4.45. The highest BCUT2D eigenvalue weighted by Crippen LogP contribution is 2.32. The lowest BCUT2D eigenvalue weighted by Crippen LogP contribution is -2.15. The number of hydrogen-bond acceptors (Lipinski definition) is 2. The zero-order chi connectivity index (χ0) is 14.1. The van der Waals surface area contributed by atoms with Crippen molar-refractivity contribution >= 4 is 17.5 Å². The first-order valence-corrected chi connectivity index (χ1v) is 6.81. The third kappa shape index (κ3) is 2.25. The van der Waals surface area contributed by atoms with E-state index < -0.39 is 0 Å². The summed E-state index contributed by atoms with van der Waals surface area (Å²) in [6.45, 7) is 4.22. The number of benzene rings is 1. The van der Waals surface area contributed by atoms with Crippen LogP contribution in [0.4, 0.5) is 5.69 Å². The first kappa shape index (κ1) is 12.7. The van der Waals surface area contributed by atoms with Crippen molar-refractivity contribution in [3.63, 3.8) is 0 Å². The number of nitrogens with zero attached hydrogens (tertiary/aromatic N) is 2. The van der Waals surface area contributed by atoms with Crippen molar-refractivity contribution in [2.24, 2.45) is 4.99 Å². The number of likely N-dealkylation sites (N-methyl/N-ethyl adjacent to an activating group) is 1. The predicted octanol–water partition coefficient (Wildman–Crippen LogP) is 4.38. The topological polar surface area (TPSA) is 15.6 Å². The molecule has 20 heavy (non-hydrogen) atoms. The molecule has 0 N–H and O–H groups in total. The number of hydrogen-bond donors (Lipinski definition) is 0. The summed E-state index contributed by atoms with van der Waals surface area (Å²) in [5, 5.41) is 0. The highest BCUT2D eigenvalue weighted by Gasteiger charge is 2.11. The van der Waals surface area contributed by atoms with Gasteiger partial charge in [0.15, 0.2) is 0 Å². The van der Waals surface area contributed by atoms with Crippen molar-refractivity contribution in [1.82, 2.24) is 4.90 Å². The highest BCUT2D eigenvalue weighted by molar-refractivity contribution is 6.16. The Labute approximate surface area is 120 Å². The summed E-state index contributed by atoms with van der Waals surface area (Å²) in [5.41, 5.74) is 7.15.